The molecule has 2 aromatic rings. The molecule has 54 valence electrons. The van der Waals surface area contributed by atoms with Crippen LogP contribution in [0.2, 0.25) is 0 Å². The molecule has 0 bridgehead atoms. The van der Waals surface area contributed by atoms with E-state index in [0.717, 1.165) is 11.4 Å². The van der Waals surface area contributed by atoms with E-state index in [1.54, 1.807) is 6.20 Å². The third kappa shape index (κ3) is 1.36. The Morgan fingerprint density at radius 1 is 1.18 bits per heavy atom. The van der Waals surface area contributed by atoms with Crippen LogP contribution in [0.4, 0.5) is 0 Å². The molecule has 0 spiro atoms. The fourth-order valence-corrected chi connectivity index (χ4v) is 1.73. The molecule has 2 rings (SSSR count). The fourth-order valence-electron chi connectivity index (χ4n) is 0.790. The molecule has 0 N–H and O–H groups in total. The Bertz CT molecular complexity index is 317. The van der Waals surface area contributed by atoms with Gasteiger partial charge in [-0.3, -0.25) is 0 Å². The number of aromatic nitrogens is 3. The molecule has 0 aliphatic rings. The maximum absolute atomic E-state index is 4.15. The first-order chi connectivity index (χ1) is 5.47. The second-order valence-electron chi connectivity index (χ2n) is 2.01. The van der Waals surface area contributed by atoms with Crippen molar-refractivity contribution in [2.75, 3.05) is 0 Å². The summed E-state index contributed by atoms with van der Waals surface area (Å²) in [7, 11) is 0. The molecule has 0 aromatic carbocycles. The summed E-state index contributed by atoms with van der Waals surface area (Å²) in [6, 6.07) is 5.78. The Hall–Kier alpha value is -0.991. The number of hydrogen-bond donors (Lipinski definition) is 0. The van der Waals surface area contributed by atoms with E-state index < -0.39 is 0 Å². The third-order valence-corrected chi connectivity index (χ3v) is 2.35. The Morgan fingerprint density at radius 2 is 2.18 bits per heavy atom. The fraction of sp³-hybridized carbons (Fsp3) is 0. The Kier molecular flexibility index (Phi) is 1.79. The molecular formula is C7H5N3Se. The average molecular weight is 210 g/mol. The van der Waals surface area contributed by atoms with Gasteiger partial charge in [-0.05, 0) is 0 Å². The van der Waals surface area contributed by atoms with Gasteiger partial charge in [0.1, 0.15) is 0 Å². The minimum atomic E-state index is 0.201. The number of hydrogen-bond acceptors (Lipinski definition) is 3. The van der Waals surface area contributed by atoms with Crippen LogP contribution < -0.4 is 0 Å². The summed E-state index contributed by atoms with van der Waals surface area (Å²) in [6.45, 7) is 0. The summed E-state index contributed by atoms with van der Waals surface area (Å²) >= 11 is 0.201. The third-order valence-electron chi connectivity index (χ3n) is 1.29. The van der Waals surface area contributed by atoms with E-state index in [0.29, 0.717) is 0 Å². The molecule has 0 fully saturated rings. The standard InChI is InChI=1S/C7H5N3Se/c1-2-4-8-6(3-1)7-5-11-10-9-7/h1-5H. The Labute approximate surface area is 70.1 Å². The van der Waals surface area contributed by atoms with Crippen molar-refractivity contribution < 1.29 is 0 Å². The molecular weight excluding hydrogens is 205 g/mol. The SMILES string of the molecule is c1ccc(-c2c[se]nn2)nc1. The van der Waals surface area contributed by atoms with Gasteiger partial charge in [-0.1, -0.05) is 0 Å². The summed E-state index contributed by atoms with van der Waals surface area (Å²) < 4.78 is 3.90. The molecule has 0 aliphatic carbocycles. The van der Waals surface area contributed by atoms with Gasteiger partial charge in [0.15, 0.2) is 0 Å². The summed E-state index contributed by atoms with van der Waals surface area (Å²) in [6.07, 6.45) is 1.76. The molecule has 2 heterocycles. The van der Waals surface area contributed by atoms with Crippen molar-refractivity contribution in [3.05, 3.63) is 29.3 Å². The Balaban J connectivity index is 2.46. The molecule has 4 heteroatoms. The molecule has 0 unspecified atom stereocenters. The van der Waals surface area contributed by atoms with E-state index in [-0.39, 0.29) is 14.7 Å². The van der Waals surface area contributed by atoms with E-state index in [1.807, 2.05) is 23.1 Å². The van der Waals surface area contributed by atoms with E-state index in [2.05, 4.69) is 14.2 Å². The van der Waals surface area contributed by atoms with Gasteiger partial charge >= 0.3 is 69.6 Å². The van der Waals surface area contributed by atoms with Crippen molar-refractivity contribution in [3.8, 4) is 11.4 Å². The predicted molar refractivity (Wildman–Crippen MR) is 42.2 cm³/mol. The summed E-state index contributed by atoms with van der Waals surface area (Å²) in [5.74, 6) is 0. The second-order valence-corrected chi connectivity index (χ2v) is 3.28. The molecule has 0 aliphatic heterocycles. The van der Waals surface area contributed by atoms with Crippen molar-refractivity contribution in [2.24, 2.45) is 0 Å². The molecule has 0 saturated carbocycles. The van der Waals surface area contributed by atoms with Crippen LogP contribution in [0.25, 0.3) is 11.4 Å². The quantitative estimate of drug-likeness (QED) is 0.647. The van der Waals surface area contributed by atoms with Gasteiger partial charge in [0.25, 0.3) is 0 Å². The first-order valence-electron chi connectivity index (χ1n) is 3.15. The average Bonchev–Trinajstić information content (AvgIpc) is 2.58. The van der Waals surface area contributed by atoms with Gasteiger partial charge in [-0.15, -0.1) is 0 Å². The van der Waals surface area contributed by atoms with Gasteiger partial charge in [-0.25, -0.2) is 0 Å². The van der Waals surface area contributed by atoms with Crippen molar-refractivity contribution in [3.63, 3.8) is 0 Å². The van der Waals surface area contributed by atoms with E-state index in [4.69, 9.17) is 0 Å². The van der Waals surface area contributed by atoms with Crippen LogP contribution in [-0.2, 0) is 0 Å². The summed E-state index contributed by atoms with van der Waals surface area (Å²) in [4.78, 5) is 6.17. The monoisotopic (exact) mass is 211 g/mol. The second kappa shape index (κ2) is 2.94. The van der Waals surface area contributed by atoms with E-state index >= 15 is 0 Å². The van der Waals surface area contributed by atoms with Gasteiger partial charge in [-0.2, -0.15) is 0 Å². The topological polar surface area (TPSA) is 38.7 Å². The molecule has 0 amide bonds. The summed E-state index contributed by atoms with van der Waals surface area (Å²) in [5.41, 5.74) is 1.82. The van der Waals surface area contributed by atoms with Gasteiger partial charge in [0.05, 0.1) is 0 Å². The van der Waals surface area contributed by atoms with Crippen LogP contribution in [0.15, 0.2) is 29.3 Å². The zero-order valence-electron chi connectivity index (χ0n) is 5.64. The van der Waals surface area contributed by atoms with E-state index in [1.165, 1.54) is 0 Å². The molecule has 2 aromatic heterocycles. The van der Waals surface area contributed by atoms with Crippen LogP contribution in [-0.4, -0.2) is 28.9 Å². The zero-order chi connectivity index (χ0) is 7.52. The van der Waals surface area contributed by atoms with Crippen molar-refractivity contribution in [1.29, 1.82) is 0 Å². The molecule has 0 saturated heterocycles. The van der Waals surface area contributed by atoms with Crippen LogP contribution in [0.1, 0.15) is 0 Å². The molecule has 3 nitrogen and oxygen atoms in total. The van der Waals surface area contributed by atoms with Gasteiger partial charge in [0.2, 0.25) is 0 Å². The predicted octanol–water partition coefficient (Wildman–Crippen LogP) is 0.596. The maximum atomic E-state index is 4.15. The van der Waals surface area contributed by atoms with Crippen molar-refractivity contribution >= 4 is 14.7 Å². The van der Waals surface area contributed by atoms with Crippen LogP contribution in [0.5, 0.6) is 0 Å². The first kappa shape index (κ1) is 6.70. The van der Waals surface area contributed by atoms with Crippen molar-refractivity contribution in [1.82, 2.24) is 14.2 Å². The van der Waals surface area contributed by atoms with Crippen molar-refractivity contribution in [2.45, 2.75) is 0 Å². The normalized spacial score (nSPS) is 9.82. The van der Waals surface area contributed by atoms with Crippen LogP contribution in [0, 0.1) is 0 Å². The van der Waals surface area contributed by atoms with Gasteiger partial charge < -0.3 is 0 Å². The number of pyridine rings is 1. The molecule has 0 radical (unpaired) electrons. The minimum absolute atomic E-state index is 0.201. The van der Waals surface area contributed by atoms with Crippen LogP contribution in [0.3, 0.4) is 0 Å². The van der Waals surface area contributed by atoms with Gasteiger partial charge in [0, 0.05) is 0 Å². The zero-order valence-corrected chi connectivity index (χ0v) is 7.35. The Morgan fingerprint density at radius 3 is 2.82 bits per heavy atom. The number of nitrogens with zero attached hydrogens (tertiary/aromatic N) is 3. The van der Waals surface area contributed by atoms with E-state index in [9.17, 15) is 0 Å². The first-order valence-corrected chi connectivity index (χ1v) is 4.91. The van der Waals surface area contributed by atoms with Crippen LogP contribution >= 0.6 is 0 Å². The number of rotatable bonds is 1. The summed E-state index contributed by atoms with van der Waals surface area (Å²) in [5, 5.41) is 3.96. The molecule has 0 atom stereocenters. The molecule has 11 heavy (non-hydrogen) atoms.